The molecular weight excluding hydrogens is 302 g/mol. The van der Waals surface area contributed by atoms with Crippen molar-refractivity contribution < 1.29 is 9.59 Å². The fraction of sp³-hybridized carbons (Fsp3) is 0.500. The van der Waals surface area contributed by atoms with Gasteiger partial charge < -0.3 is 15.5 Å². The van der Waals surface area contributed by atoms with Gasteiger partial charge in [0.1, 0.15) is 0 Å². The van der Waals surface area contributed by atoms with Crippen LogP contribution in [-0.4, -0.2) is 42.9 Å². The maximum absolute atomic E-state index is 12.4. The van der Waals surface area contributed by atoms with E-state index in [4.69, 9.17) is 11.6 Å². The zero-order chi connectivity index (χ0) is 16.1. The molecule has 0 radical (unpaired) electrons. The number of hydrogen-bond acceptors (Lipinski definition) is 3. The van der Waals surface area contributed by atoms with Crippen molar-refractivity contribution in [3.05, 3.63) is 29.3 Å². The Bertz CT molecular complexity index is 550. The Balaban J connectivity index is 1.86. The molecule has 1 saturated heterocycles. The summed E-state index contributed by atoms with van der Waals surface area (Å²) in [5.41, 5.74) is 0.633. The van der Waals surface area contributed by atoms with Crippen LogP contribution in [0.2, 0.25) is 5.02 Å². The molecule has 0 spiro atoms. The molecule has 5 nitrogen and oxygen atoms in total. The van der Waals surface area contributed by atoms with Gasteiger partial charge in [0, 0.05) is 29.7 Å². The number of halogens is 1. The third-order valence-electron chi connectivity index (χ3n) is 3.84. The summed E-state index contributed by atoms with van der Waals surface area (Å²) in [5, 5.41) is 6.63. The molecule has 6 heteroatoms. The van der Waals surface area contributed by atoms with Gasteiger partial charge in [0.2, 0.25) is 11.8 Å². The molecule has 0 aromatic heterocycles. The van der Waals surface area contributed by atoms with Crippen LogP contribution in [0.1, 0.15) is 19.8 Å². The molecule has 0 bridgehead atoms. The number of benzene rings is 1. The number of hydrogen-bond donors (Lipinski definition) is 2. The van der Waals surface area contributed by atoms with E-state index in [9.17, 15) is 9.59 Å². The van der Waals surface area contributed by atoms with Gasteiger partial charge in [0.15, 0.2) is 0 Å². The van der Waals surface area contributed by atoms with Gasteiger partial charge in [-0.25, -0.2) is 0 Å². The lowest BCUT2D eigenvalue weighted by molar-refractivity contribution is -0.137. The van der Waals surface area contributed by atoms with E-state index in [1.54, 1.807) is 31.3 Å². The number of nitrogens with zero attached hydrogens (tertiary/aromatic N) is 1. The van der Waals surface area contributed by atoms with Crippen LogP contribution in [0.15, 0.2) is 24.3 Å². The predicted molar refractivity (Wildman–Crippen MR) is 87.9 cm³/mol. The van der Waals surface area contributed by atoms with E-state index >= 15 is 0 Å². The summed E-state index contributed by atoms with van der Waals surface area (Å²) in [7, 11) is 1.67. The molecule has 1 fully saturated rings. The highest BCUT2D eigenvalue weighted by molar-refractivity contribution is 6.30. The molecule has 1 aliphatic heterocycles. The van der Waals surface area contributed by atoms with Crippen molar-refractivity contribution in [1.82, 2.24) is 10.2 Å². The summed E-state index contributed by atoms with van der Waals surface area (Å²) in [6, 6.07) is 7.29. The number of amides is 2. The van der Waals surface area contributed by atoms with Gasteiger partial charge in [0.25, 0.3) is 0 Å². The first-order valence-corrected chi connectivity index (χ1v) is 7.87. The standard InChI is InChI=1S/C16H22ClN3O2/c1-11-8-12(6-7-18-11)16(22)20(2)10-15(21)19-14-5-3-4-13(17)9-14/h3-5,9,11-12,18H,6-8,10H2,1-2H3,(H,19,21)/t11-,12-/m0/s1. The van der Waals surface area contributed by atoms with E-state index in [0.29, 0.717) is 16.8 Å². The van der Waals surface area contributed by atoms with Crippen molar-refractivity contribution in [3.8, 4) is 0 Å². The van der Waals surface area contributed by atoms with Crippen LogP contribution in [0, 0.1) is 5.92 Å². The molecule has 2 amide bonds. The van der Waals surface area contributed by atoms with Gasteiger partial charge in [-0.05, 0) is 44.5 Å². The van der Waals surface area contributed by atoms with Crippen LogP contribution in [0.5, 0.6) is 0 Å². The number of carbonyl (C=O) groups is 2. The lowest BCUT2D eigenvalue weighted by Gasteiger charge is -2.30. The van der Waals surface area contributed by atoms with Crippen molar-refractivity contribution >= 4 is 29.1 Å². The molecular formula is C16H22ClN3O2. The molecule has 22 heavy (non-hydrogen) atoms. The average Bonchev–Trinajstić information content (AvgIpc) is 2.46. The van der Waals surface area contributed by atoms with Crippen LogP contribution in [-0.2, 0) is 9.59 Å². The maximum atomic E-state index is 12.4. The fourth-order valence-corrected chi connectivity index (χ4v) is 2.92. The molecule has 1 aliphatic rings. The highest BCUT2D eigenvalue weighted by Gasteiger charge is 2.27. The van der Waals surface area contributed by atoms with E-state index < -0.39 is 0 Å². The van der Waals surface area contributed by atoms with Gasteiger partial charge in [-0.3, -0.25) is 9.59 Å². The molecule has 1 aromatic rings. The molecule has 1 heterocycles. The topological polar surface area (TPSA) is 61.4 Å². The van der Waals surface area contributed by atoms with Crippen LogP contribution >= 0.6 is 11.6 Å². The Morgan fingerprint density at radius 1 is 1.45 bits per heavy atom. The second kappa shape index (κ2) is 7.61. The maximum Gasteiger partial charge on any atom is 0.243 e. The average molecular weight is 324 g/mol. The largest absolute Gasteiger partial charge is 0.336 e. The zero-order valence-electron chi connectivity index (χ0n) is 12.9. The SMILES string of the molecule is C[C@H]1C[C@@H](C(=O)N(C)CC(=O)Nc2cccc(Cl)c2)CCN1. The Labute approximate surface area is 136 Å². The first-order chi connectivity index (χ1) is 10.5. The Morgan fingerprint density at radius 3 is 2.91 bits per heavy atom. The Kier molecular flexibility index (Phi) is 5.80. The number of carbonyl (C=O) groups excluding carboxylic acids is 2. The molecule has 2 N–H and O–H groups in total. The van der Waals surface area contributed by atoms with Crippen LogP contribution < -0.4 is 10.6 Å². The van der Waals surface area contributed by atoms with Crippen LogP contribution in [0.3, 0.4) is 0 Å². The Hall–Kier alpha value is -1.59. The van der Waals surface area contributed by atoms with E-state index in [1.165, 1.54) is 4.90 Å². The van der Waals surface area contributed by atoms with Crippen molar-refractivity contribution in [2.45, 2.75) is 25.8 Å². The summed E-state index contributed by atoms with van der Waals surface area (Å²) in [6.07, 6.45) is 1.64. The normalized spacial score (nSPS) is 21.2. The first kappa shape index (κ1) is 16.8. The third kappa shape index (κ3) is 4.71. The molecule has 0 unspecified atom stereocenters. The van der Waals surface area contributed by atoms with Gasteiger partial charge in [-0.2, -0.15) is 0 Å². The van der Waals surface area contributed by atoms with Gasteiger partial charge >= 0.3 is 0 Å². The fourth-order valence-electron chi connectivity index (χ4n) is 2.73. The molecule has 1 aromatic carbocycles. The summed E-state index contributed by atoms with van der Waals surface area (Å²) in [4.78, 5) is 25.9. The van der Waals surface area contributed by atoms with Crippen LogP contribution in [0.4, 0.5) is 5.69 Å². The minimum atomic E-state index is -0.222. The lowest BCUT2D eigenvalue weighted by atomic mass is 9.92. The van der Waals surface area contributed by atoms with Crippen molar-refractivity contribution in [2.24, 2.45) is 5.92 Å². The molecule has 120 valence electrons. The summed E-state index contributed by atoms with van der Waals surface area (Å²) in [6.45, 7) is 2.97. The van der Waals surface area contributed by atoms with E-state index in [2.05, 4.69) is 17.6 Å². The number of piperidine rings is 1. The highest BCUT2D eigenvalue weighted by atomic mass is 35.5. The minimum Gasteiger partial charge on any atom is -0.336 e. The van der Waals surface area contributed by atoms with E-state index in [0.717, 1.165) is 19.4 Å². The van der Waals surface area contributed by atoms with E-state index in [1.807, 2.05) is 0 Å². The first-order valence-electron chi connectivity index (χ1n) is 7.49. The number of nitrogens with one attached hydrogen (secondary N) is 2. The zero-order valence-corrected chi connectivity index (χ0v) is 13.7. The van der Waals surface area contributed by atoms with Gasteiger partial charge in [0.05, 0.1) is 6.54 Å². The highest BCUT2D eigenvalue weighted by Crippen LogP contribution is 2.18. The Morgan fingerprint density at radius 2 is 2.23 bits per heavy atom. The quantitative estimate of drug-likeness (QED) is 0.892. The van der Waals surface area contributed by atoms with Gasteiger partial charge in [-0.15, -0.1) is 0 Å². The monoisotopic (exact) mass is 323 g/mol. The molecule has 0 aliphatic carbocycles. The lowest BCUT2D eigenvalue weighted by Crippen LogP contribution is -2.44. The second-order valence-electron chi connectivity index (χ2n) is 5.83. The van der Waals surface area contributed by atoms with E-state index in [-0.39, 0.29) is 24.3 Å². The second-order valence-corrected chi connectivity index (χ2v) is 6.27. The van der Waals surface area contributed by atoms with Crippen molar-refractivity contribution in [2.75, 3.05) is 25.5 Å². The minimum absolute atomic E-state index is 0.000203. The van der Waals surface area contributed by atoms with Crippen LogP contribution in [0.25, 0.3) is 0 Å². The predicted octanol–water partition coefficient (Wildman–Crippen LogP) is 2.12. The van der Waals surface area contributed by atoms with Gasteiger partial charge in [-0.1, -0.05) is 17.7 Å². The smallest absolute Gasteiger partial charge is 0.243 e. The molecule has 2 rings (SSSR count). The molecule has 0 saturated carbocycles. The summed E-state index contributed by atoms with van der Waals surface area (Å²) < 4.78 is 0. The molecule has 2 atom stereocenters. The van der Waals surface area contributed by atoms with Crippen molar-refractivity contribution in [3.63, 3.8) is 0 Å². The summed E-state index contributed by atoms with van der Waals surface area (Å²) >= 11 is 5.88. The summed E-state index contributed by atoms with van der Waals surface area (Å²) in [5.74, 6) is -0.185. The third-order valence-corrected chi connectivity index (χ3v) is 4.07. The number of rotatable bonds is 4. The number of anilines is 1. The van der Waals surface area contributed by atoms with Crippen molar-refractivity contribution in [1.29, 1.82) is 0 Å². The number of likely N-dealkylation sites (N-methyl/N-ethyl adjacent to an activating group) is 1.